The fourth-order valence-corrected chi connectivity index (χ4v) is 4.05. The molecule has 5 heteroatoms. The van der Waals surface area contributed by atoms with Gasteiger partial charge in [0.15, 0.2) is 0 Å². The molecular formula is C13H22N2O2S. The highest BCUT2D eigenvalue weighted by Gasteiger charge is 2.52. The Balaban J connectivity index is 1.93. The van der Waals surface area contributed by atoms with E-state index in [1.807, 2.05) is 4.90 Å². The van der Waals surface area contributed by atoms with Gasteiger partial charge in [-0.25, -0.2) is 0 Å². The van der Waals surface area contributed by atoms with Crippen molar-refractivity contribution in [3.63, 3.8) is 0 Å². The van der Waals surface area contributed by atoms with Crippen molar-refractivity contribution >= 4 is 23.6 Å². The van der Waals surface area contributed by atoms with E-state index < -0.39 is 0 Å². The number of carbonyl (C=O) groups is 2. The lowest BCUT2D eigenvalue weighted by Gasteiger charge is -2.29. The van der Waals surface area contributed by atoms with Gasteiger partial charge in [-0.3, -0.25) is 9.59 Å². The second kappa shape index (κ2) is 5.11. The van der Waals surface area contributed by atoms with Gasteiger partial charge in [-0.2, -0.15) is 0 Å². The van der Waals surface area contributed by atoms with Crippen molar-refractivity contribution in [3.8, 4) is 0 Å². The Bertz CT molecular complexity index is 359. The molecule has 0 aromatic rings. The maximum Gasteiger partial charge on any atom is 0.243 e. The summed E-state index contributed by atoms with van der Waals surface area (Å²) in [5.74, 6) is 1.46. The molecule has 2 saturated heterocycles. The number of nitrogens with zero attached hydrogens (tertiary/aromatic N) is 1. The average molecular weight is 270 g/mol. The molecular weight excluding hydrogens is 248 g/mol. The minimum Gasteiger partial charge on any atom is -0.354 e. The van der Waals surface area contributed by atoms with E-state index in [1.54, 1.807) is 11.8 Å². The topological polar surface area (TPSA) is 49.4 Å². The summed E-state index contributed by atoms with van der Waals surface area (Å²) < 4.78 is 0. The van der Waals surface area contributed by atoms with Crippen LogP contribution < -0.4 is 5.32 Å². The van der Waals surface area contributed by atoms with E-state index in [4.69, 9.17) is 0 Å². The SMILES string of the molecule is CC(C)CCNC(=O)[C@@H]1CS[C@@]2(C)CCC(=O)N12. The number of hydrogen-bond acceptors (Lipinski definition) is 3. The Morgan fingerprint density at radius 3 is 3.00 bits per heavy atom. The van der Waals surface area contributed by atoms with Crippen LogP contribution in [-0.4, -0.2) is 39.9 Å². The van der Waals surface area contributed by atoms with Crippen molar-refractivity contribution in [2.24, 2.45) is 5.92 Å². The first kappa shape index (κ1) is 13.7. The highest BCUT2D eigenvalue weighted by Crippen LogP contribution is 2.47. The van der Waals surface area contributed by atoms with Gasteiger partial charge >= 0.3 is 0 Å². The van der Waals surface area contributed by atoms with E-state index in [0.717, 1.165) is 18.6 Å². The number of amides is 2. The van der Waals surface area contributed by atoms with Gasteiger partial charge in [-0.05, 0) is 25.7 Å². The molecule has 1 N–H and O–H groups in total. The first-order valence-corrected chi connectivity index (χ1v) is 7.66. The molecule has 102 valence electrons. The van der Waals surface area contributed by atoms with E-state index in [-0.39, 0.29) is 22.7 Å². The Hall–Kier alpha value is -0.710. The van der Waals surface area contributed by atoms with Crippen LogP contribution in [0.15, 0.2) is 0 Å². The summed E-state index contributed by atoms with van der Waals surface area (Å²) in [5.41, 5.74) is 0. The fourth-order valence-electron chi connectivity index (χ4n) is 2.62. The summed E-state index contributed by atoms with van der Waals surface area (Å²) in [6.07, 6.45) is 2.43. The van der Waals surface area contributed by atoms with Crippen LogP contribution in [-0.2, 0) is 9.59 Å². The molecule has 0 aliphatic carbocycles. The molecule has 0 aromatic heterocycles. The fraction of sp³-hybridized carbons (Fsp3) is 0.846. The molecule has 4 nitrogen and oxygen atoms in total. The molecule has 0 spiro atoms. The van der Waals surface area contributed by atoms with Gasteiger partial charge in [0.25, 0.3) is 0 Å². The second-order valence-corrected chi connectivity index (χ2v) is 7.24. The molecule has 0 saturated carbocycles. The zero-order valence-electron chi connectivity index (χ0n) is 11.4. The Morgan fingerprint density at radius 1 is 1.61 bits per heavy atom. The molecule has 2 fully saturated rings. The van der Waals surface area contributed by atoms with Crippen LogP contribution in [0.1, 0.15) is 40.0 Å². The Kier molecular flexibility index (Phi) is 3.90. The predicted molar refractivity (Wildman–Crippen MR) is 73.2 cm³/mol. The summed E-state index contributed by atoms with van der Waals surface area (Å²) in [5, 5.41) is 2.96. The van der Waals surface area contributed by atoms with Crippen molar-refractivity contribution in [2.75, 3.05) is 12.3 Å². The van der Waals surface area contributed by atoms with Crippen molar-refractivity contribution in [2.45, 2.75) is 50.9 Å². The van der Waals surface area contributed by atoms with Crippen LogP contribution in [0.25, 0.3) is 0 Å². The van der Waals surface area contributed by atoms with Crippen molar-refractivity contribution in [1.29, 1.82) is 0 Å². The molecule has 2 aliphatic heterocycles. The quantitative estimate of drug-likeness (QED) is 0.844. The Labute approximate surface area is 113 Å². The summed E-state index contributed by atoms with van der Waals surface area (Å²) in [6.45, 7) is 7.05. The number of rotatable bonds is 4. The van der Waals surface area contributed by atoms with Crippen LogP contribution in [0.2, 0.25) is 0 Å². The lowest BCUT2D eigenvalue weighted by molar-refractivity contribution is -0.137. The van der Waals surface area contributed by atoms with E-state index >= 15 is 0 Å². The van der Waals surface area contributed by atoms with Gasteiger partial charge in [0.05, 0.1) is 4.87 Å². The molecule has 0 aromatic carbocycles. The van der Waals surface area contributed by atoms with Gasteiger partial charge < -0.3 is 10.2 Å². The largest absolute Gasteiger partial charge is 0.354 e. The van der Waals surface area contributed by atoms with Gasteiger partial charge in [0.2, 0.25) is 11.8 Å². The Morgan fingerprint density at radius 2 is 2.33 bits per heavy atom. The van der Waals surface area contributed by atoms with E-state index in [0.29, 0.717) is 18.9 Å². The monoisotopic (exact) mass is 270 g/mol. The van der Waals surface area contributed by atoms with Gasteiger partial charge in [-0.1, -0.05) is 13.8 Å². The summed E-state index contributed by atoms with van der Waals surface area (Å²) >= 11 is 1.74. The molecule has 2 aliphatic rings. The first-order chi connectivity index (χ1) is 8.44. The molecule has 2 rings (SSSR count). The van der Waals surface area contributed by atoms with Gasteiger partial charge in [0, 0.05) is 18.7 Å². The summed E-state index contributed by atoms with van der Waals surface area (Å²) in [4.78, 5) is 25.7. The number of nitrogens with one attached hydrogen (secondary N) is 1. The molecule has 2 atom stereocenters. The van der Waals surface area contributed by atoms with Crippen molar-refractivity contribution in [1.82, 2.24) is 10.2 Å². The number of thioether (sulfide) groups is 1. The van der Waals surface area contributed by atoms with Crippen LogP contribution in [0.4, 0.5) is 0 Å². The van der Waals surface area contributed by atoms with E-state index in [2.05, 4.69) is 26.1 Å². The molecule has 0 unspecified atom stereocenters. The number of hydrogen-bond donors (Lipinski definition) is 1. The number of fused-ring (bicyclic) bond motifs is 1. The third kappa shape index (κ3) is 2.51. The third-order valence-electron chi connectivity index (χ3n) is 3.77. The minimum absolute atomic E-state index is 0.0159. The smallest absolute Gasteiger partial charge is 0.243 e. The number of carbonyl (C=O) groups excluding carboxylic acids is 2. The maximum absolute atomic E-state index is 12.1. The van der Waals surface area contributed by atoms with Crippen molar-refractivity contribution in [3.05, 3.63) is 0 Å². The molecule has 2 amide bonds. The van der Waals surface area contributed by atoms with Gasteiger partial charge in [0.1, 0.15) is 6.04 Å². The van der Waals surface area contributed by atoms with Crippen LogP contribution in [0.5, 0.6) is 0 Å². The lowest BCUT2D eigenvalue weighted by Crippen LogP contribution is -2.50. The third-order valence-corrected chi connectivity index (χ3v) is 5.27. The maximum atomic E-state index is 12.1. The van der Waals surface area contributed by atoms with E-state index in [1.165, 1.54) is 0 Å². The predicted octanol–water partition coefficient (Wildman–Crippen LogP) is 1.60. The zero-order chi connectivity index (χ0) is 13.3. The summed E-state index contributed by atoms with van der Waals surface area (Å²) in [7, 11) is 0. The molecule has 0 bridgehead atoms. The normalized spacial score (nSPS) is 31.0. The summed E-state index contributed by atoms with van der Waals surface area (Å²) in [6, 6.07) is -0.262. The van der Waals surface area contributed by atoms with Gasteiger partial charge in [-0.15, -0.1) is 11.8 Å². The highest BCUT2D eigenvalue weighted by molar-refractivity contribution is 8.01. The molecule has 0 radical (unpaired) electrons. The van der Waals surface area contributed by atoms with Crippen LogP contribution in [0.3, 0.4) is 0 Å². The van der Waals surface area contributed by atoms with Crippen LogP contribution in [0, 0.1) is 5.92 Å². The highest BCUT2D eigenvalue weighted by atomic mass is 32.2. The lowest BCUT2D eigenvalue weighted by atomic mass is 10.1. The average Bonchev–Trinajstić information content (AvgIpc) is 2.76. The second-order valence-electron chi connectivity index (χ2n) is 5.74. The minimum atomic E-state index is -0.262. The first-order valence-electron chi connectivity index (χ1n) is 6.68. The molecule has 18 heavy (non-hydrogen) atoms. The van der Waals surface area contributed by atoms with E-state index in [9.17, 15) is 9.59 Å². The van der Waals surface area contributed by atoms with Crippen LogP contribution >= 0.6 is 11.8 Å². The standard InChI is InChI=1S/C13H22N2O2S/c1-9(2)5-7-14-12(17)10-8-18-13(3)6-4-11(16)15(10)13/h9-10H,4-8H2,1-3H3,(H,14,17)/t10-,13-/m0/s1. The van der Waals surface area contributed by atoms with Crippen molar-refractivity contribution < 1.29 is 9.59 Å². The zero-order valence-corrected chi connectivity index (χ0v) is 12.2. The molecule has 2 heterocycles.